The van der Waals surface area contributed by atoms with Crippen molar-refractivity contribution < 1.29 is 14.2 Å². The number of hydrogen-bond donors (Lipinski definition) is 1. The lowest BCUT2D eigenvalue weighted by atomic mass is 10.2. The van der Waals surface area contributed by atoms with Gasteiger partial charge in [-0.3, -0.25) is 0 Å². The molecule has 0 atom stereocenters. The quantitative estimate of drug-likeness (QED) is 0.388. The van der Waals surface area contributed by atoms with Crippen molar-refractivity contribution in [3.8, 4) is 17.2 Å². The molecule has 0 heterocycles. The second-order valence-corrected chi connectivity index (χ2v) is 6.74. The molecule has 4 heteroatoms. The third-order valence-electron chi connectivity index (χ3n) is 4.38. The van der Waals surface area contributed by atoms with Gasteiger partial charge in [-0.2, -0.15) is 0 Å². The summed E-state index contributed by atoms with van der Waals surface area (Å²) in [7, 11) is 0. The van der Waals surface area contributed by atoms with E-state index < -0.39 is 0 Å². The van der Waals surface area contributed by atoms with Crippen molar-refractivity contribution in [3.05, 3.63) is 84.4 Å². The van der Waals surface area contributed by atoms with E-state index in [4.69, 9.17) is 14.2 Å². The molecule has 0 unspecified atom stereocenters. The van der Waals surface area contributed by atoms with Gasteiger partial charge in [0.1, 0.15) is 30.5 Å². The Bertz CT molecular complexity index is 834. The van der Waals surface area contributed by atoms with Crippen LogP contribution in [0.5, 0.6) is 17.2 Å². The van der Waals surface area contributed by atoms with Crippen LogP contribution in [-0.4, -0.2) is 19.8 Å². The highest BCUT2D eigenvalue weighted by atomic mass is 16.5. The molecule has 0 aliphatic heterocycles. The van der Waals surface area contributed by atoms with Crippen molar-refractivity contribution in [2.75, 3.05) is 25.1 Å². The van der Waals surface area contributed by atoms with E-state index in [1.54, 1.807) is 0 Å². The third-order valence-corrected chi connectivity index (χ3v) is 4.38. The van der Waals surface area contributed by atoms with E-state index in [-0.39, 0.29) is 0 Å². The smallest absolute Gasteiger partial charge is 0.122 e. The van der Waals surface area contributed by atoms with Crippen molar-refractivity contribution >= 4 is 5.69 Å². The van der Waals surface area contributed by atoms with E-state index in [1.165, 1.54) is 5.56 Å². The van der Waals surface area contributed by atoms with E-state index in [1.807, 2.05) is 60.7 Å². The number of para-hydroxylation sites is 1. The van der Waals surface area contributed by atoms with Crippen LogP contribution in [0, 0.1) is 0 Å². The molecule has 0 amide bonds. The molecule has 3 aromatic rings. The first-order chi connectivity index (χ1) is 14.3. The third kappa shape index (κ3) is 7.41. The summed E-state index contributed by atoms with van der Waals surface area (Å²) in [6.07, 6.45) is 2.21. The maximum absolute atomic E-state index is 5.76. The van der Waals surface area contributed by atoms with Gasteiger partial charge in [0.05, 0.1) is 6.61 Å². The zero-order valence-electron chi connectivity index (χ0n) is 17.0. The van der Waals surface area contributed by atoms with E-state index >= 15 is 0 Å². The fourth-order valence-electron chi connectivity index (χ4n) is 2.77. The van der Waals surface area contributed by atoms with E-state index in [9.17, 15) is 0 Å². The standard InChI is InChI=1S/C25H29NO3/c1-2-3-16-27-25-11-7-8-22(19-25)26-20-21-12-14-24(15-13-21)29-18-17-28-23-9-5-4-6-10-23/h4-15,19,26H,2-3,16-18,20H2,1H3. The van der Waals surface area contributed by atoms with Crippen molar-refractivity contribution in [2.24, 2.45) is 0 Å². The topological polar surface area (TPSA) is 39.7 Å². The molecular weight excluding hydrogens is 362 g/mol. The Morgan fingerprint density at radius 2 is 1.31 bits per heavy atom. The largest absolute Gasteiger partial charge is 0.494 e. The minimum atomic E-state index is 0.511. The summed E-state index contributed by atoms with van der Waals surface area (Å²) in [5.74, 6) is 2.61. The summed E-state index contributed by atoms with van der Waals surface area (Å²) in [5.41, 5.74) is 2.24. The maximum atomic E-state index is 5.76. The number of unbranched alkanes of at least 4 members (excludes halogenated alkanes) is 1. The average Bonchev–Trinajstić information content (AvgIpc) is 2.77. The first-order valence-electron chi connectivity index (χ1n) is 10.2. The Hall–Kier alpha value is -3.14. The molecule has 0 aliphatic rings. The number of nitrogens with one attached hydrogen (secondary N) is 1. The predicted molar refractivity (Wildman–Crippen MR) is 118 cm³/mol. The minimum absolute atomic E-state index is 0.511. The fourth-order valence-corrected chi connectivity index (χ4v) is 2.77. The maximum Gasteiger partial charge on any atom is 0.122 e. The number of anilines is 1. The first-order valence-corrected chi connectivity index (χ1v) is 10.2. The molecule has 0 radical (unpaired) electrons. The number of rotatable bonds is 12. The van der Waals surface area contributed by atoms with Crippen LogP contribution < -0.4 is 19.5 Å². The Morgan fingerprint density at radius 1 is 0.655 bits per heavy atom. The molecule has 0 aliphatic carbocycles. The van der Waals surface area contributed by atoms with Crippen molar-refractivity contribution in [3.63, 3.8) is 0 Å². The Balaban J connectivity index is 1.39. The zero-order valence-corrected chi connectivity index (χ0v) is 17.0. The zero-order chi connectivity index (χ0) is 20.2. The number of benzene rings is 3. The van der Waals surface area contributed by atoms with Gasteiger partial charge in [0.15, 0.2) is 0 Å². The van der Waals surface area contributed by atoms with Gasteiger partial charge in [0.25, 0.3) is 0 Å². The Morgan fingerprint density at radius 3 is 2.03 bits per heavy atom. The van der Waals surface area contributed by atoms with Crippen LogP contribution >= 0.6 is 0 Å². The van der Waals surface area contributed by atoms with Crippen LogP contribution in [0.15, 0.2) is 78.9 Å². The molecule has 0 saturated heterocycles. The highest BCUT2D eigenvalue weighted by Crippen LogP contribution is 2.19. The molecule has 29 heavy (non-hydrogen) atoms. The monoisotopic (exact) mass is 391 g/mol. The van der Waals surface area contributed by atoms with Crippen LogP contribution in [0.2, 0.25) is 0 Å². The molecule has 4 nitrogen and oxygen atoms in total. The fraction of sp³-hybridized carbons (Fsp3) is 0.280. The predicted octanol–water partition coefficient (Wildman–Crippen LogP) is 5.94. The normalized spacial score (nSPS) is 10.4. The van der Waals surface area contributed by atoms with E-state index in [2.05, 4.69) is 30.4 Å². The number of ether oxygens (including phenoxy) is 3. The molecule has 0 bridgehead atoms. The lowest BCUT2D eigenvalue weighted by Gasteiger charge is -2.11. The minimum Gasteiger partial charge on any atom is -0.494 e. The molecule has 3 aromatic carbocycles. The number of hydrogen-bond acceptors (Lipinski definition) is 4. The summed E-state index contributed by atoms with van der Waals surface area (Å²) in [6.45, 7) is 4.70. The lowest BCUT2D eigenvalue weighted by Crippen LogP contribution is -2.09. The lowest BCUT2D eigenvalue weighted by molar-refractivity contribution is 0.217. The van der Waals surface area contributed by atoms with Gasteiger partial charge in [-0.05, 0) is 48.4 Å². The molecule has 3 rings (SSSR count). The van der Waals surface area contributed by atoms with E-state index in [0.717, 1.165) is 48.9 Å². The highest BCUT2D eigenvalue weighted by Gasteiger charge is 2.00. The summed E-state index contributed by atoms with van der Waals surface area (Å²) < 4.78 is 17.1. The SMILES string of the molecule is CCCCOc1cccc(NCc2ccc(OCCOc3ccccc3)cc2)c1. The molecule has 152 valence electrons. The average molecular weight is 392 g/mol. The second kappa shape index (κ2) is 11.6. The molecule has 1 N–H and O–H groups in total. The van der Waals surface area contributed by atoms with Gasteiger partial charge in [0, 0.05) is 18.3 Å². The van der Waals surface area contributed by atoms with Gasteiger partial charge in [0.2, 0.25) is 0 Å². The molecule has 0 fully saturated rings. The van der Waals surface area contributed by atoms with Crippen LogP contribution in [0.3, 0.4) is 0 Å². The van der Waals surface area contributed by atoms with Crippen LogP contribution in [-0.2, 0) is 6.54 Å². The second-order valence-electron chi connectivity index (χ2n) is 6.74. The van der Waals surface area contributed by atoms with Crippen LogP contribution in [0.25, 0.3) is 0 Å². The van der Waals surface area contributed by atoms with Gasteiger partial charge in [-0.1, -0.05) is 49.7 Å². The van der Waals surface area contributed by atoms with Gasteiger partial charge >= 0.3 is 0 Å². The summed E-state index contributed by atoms with van der Waals surface area (Å²) in [6, 6.07) is 26.0. The summed E-state index contributed by atoms with van der Waals surface area (Å²) >= 11 is 0. The van der Waals surface area contributed by atoms with Crippen LogP contribution in [0.1, 0.15) is 25.3 Å². The molecule has 0 aromatic heterocycles. The van der Waals surface area contributed by atoms with Crippen LogP contribution in [0.4, 0.5) is 5.69 Å². The molecule has 0 saturated carbocycles. The van der Waals surface area contributed by atoms with Crippen molar-refractivity contribution in [2.45, 2.75) is 26.3 Å². The highest BCUT2D eigenvalue weighted by molar-refractivity contribution is 5.48. The van der Waals surface area contributed by atoms with E-state index in [0.29, 0.717) is 13.2 Å². The molecule has 0 spiro atoms. The molecular formula is C25H29NO3. The summed E-state index contributed by atoms with van der Waals surface area (Å²) in [5, 5.41) is 3.44. The Kier molecular flexibility index (Phi) is 8.27. The first kappa shape index (κ1) is 20.6. The summed E-state index contributed by atoms with van der Waals surface area (Å²) in [4.78, 5) is 0. The van der Waals surface area contributed by atoms with Gasteiger partial charge < -0.3 is 19.5 Å². The van der Waals surface area contributed by atoms with Crippen molar-refractivity contribution in [1.82, 2.24) is 0 Å². The van der Waals surface area contributed by atoms with Gasteiger partial charge in [-0.25, -0.2) is 0 Å². The Labute approximate surface area is 173 Å². The van der Waals surface area contributed by atoms with Gasteiger partial charge in [-0.15, -0.1) is 0 Å². The van der Waals surface area contributed by atoms with Crippen molar-refractivity contribution in [1.29, 1.82) is 0 Å².